The minimum Gasteiger partial charge on any atom is -0.334 e. The van der Waals surface area contributed by atoms with E-state index in [2.05, 4.69) is 22.4 Å². The molecule has 1 aromatic heterocycles. The molecule has 176 valence electrons. The van der Waals surface area contributed by atoms with Crippen LogP contribution in [0.2, 0.25) is 0 Å². The van der Waals surface area contributed by atoms with Crippen molar-refractivity contribution in [3.63, 3.8) is 0 Å². The summed E-state index contributed by atoms with van der Waals surface area (Å²) in [6, 6.07) is 18.6. The van der Waals surface area contributed by atoms with Crippen molar-refractivity contribution in [2.45, 2.75) is 26.3 Å². The Bertz CT molecular complexity index is 1430. The second-order valence-electron chi connectivity index (χ2n) is 8.23. The number of carbonyl (C=O) groups excluding carboxylic acids is 1. The first kappa shape index (κ1) is 22.5. The molecule has 3 aromatic carbocycles. The van der Waals surface area contributed by atoms with E-state index in [-0.39, 0.29) is 11.7 Å². The number of nitrogens with one attached hydrogen (secondary N) is 1. The maximum absolute atomic E-state index is 14.0. The summed E-state index contributed by atoms with van der Waals surface area (Å²) in [4.78, 5) is 19.1. The molecule has 0 saturated carbocycles. The maximum atomic E-state index is 14.0. The van der Waals surface area contributed by atoms with Crippen LogP contribution < -0.4 is 10.2 Å². The average Bonchev–Trinajstić information content (AvgIpc) is 3.34. The molecule has 0 saturated heterocycles. The van der Waals surface area contributed by atoms with Gasteiger partial charge in [0.1, 0.15) is 11.6 Å². The van der Waals surface area contributed by atoms with Gasteiger partial charge in [0.05, 0.1) is 17.3 Å². The minimum atomic E-state index is -0.584. The fraction of sp³-hybridized carbons (Fsp3) is 0.148. The molecule has 8 heteroatoms. The van der Waals surface area contributed by atoms with Crippen LogP contribution >= 0.6 is 0 Å². The van der Waals surface area contributed by atoms with Crippen molar-refractivity contribution in [1.82, 2.24) is 15.5 Å². The topological polar surface area (TPSA) is 71.3 Å². The number of nitrogens with zero attached hydrogens (tertiary/aromatic N) is 3. The predicted octanol–water partition coefficient (Wildman–Crippen LogP) is 6.28. The molecular weight excluding hydrogens is 450 g/mol. The molecule has 1 N–H and O–H groups in total. The molecule has 0 aliphatic carbocycles. The zero-order valence-electron chi connectivity index (χ0n) is 19.1. The van der Waals surface area contributed by atoms with Gasteiger partial charge < -0.3 is 9.84 Å². The molecule has 6 nitrogen and oxygen atoms in total. The molecule has 1 aliphatic rings. The summed E-state index contributed by atoms with van der Waals surface area (Å²) in [5, 5.41) is 7.04. The molecular formula is C27H22F2N4O2. The molecule has 0 bridgehead atoms. The van der Waals surface area contributed by atoms with E-state index in [1.807, 2.05) is 24.3 Å². The molecule has 35 heavy (non-hydrogen) atoms. The van der Waals surface area contributed by atoms with Crippen molar-refractivity contribution in [1.29, 1.82) is 0 Å². The lowest BCUT2D eigenvalue weighted by Gasteiger charge is -2.35. The third-order valence-electron chi connectivity index (χ3n) is 6.01. The van der Waals surface area contributed by atoms with E-state index in [1.54, 1.807) is 25.1 Å². The molecule has 4 aromatic rings. The Morgan fingerprint density at radius 2 is 1.71 bits per heavy atom. The van der Waals surface area contributed by atoms with E-state index in [0.29, 0.717) is 22.5 Å². The standard InChI is InChI=1S/C27H22F2N4O2/c1-3-17-10-12-18(13-11-17)24-23(26-31-25(32-35-26)19-6-4-7-20(28)14-19)16(2)33(27(34)30-24)22-9-5-8-21(29)15-22/h4-15,24H,3H2,1-2H3,(H,30,34). The highest BCUT2D eigenvalue weighted by molar-refractivity contribution is 6.01. The number of allylic oxidation sites excluding steroid dienone is 1. The van der Waals surface area contributed by atoms with Gasteiger partial charge >= 0.3 is 6.03 Å². The molecule has 0 spiro atoms. The first-order valence-electron chi connectivity index (χ1n) is 11.2. The van der Waals surface area contributed by atoms with Gasteiger partial charge in [-0.3, -0.25) is 4.90 Å². The van der Waals surface area contributed by atoms with Gasteiger partial charge in [0.15, 0.2) is 0 Å². The largest absolute Gasteiger partial charge is 0.334 e. The Kier molecular flexibility index (Phi) is 5.86. The second kappa shape index (κ2) is 9.13. The zero-order chi connectivity index (χ0) is 24.5. The highest BCUT2D eigenvalue weighted by atomic mass is 19.1. The van der Waals surface area contributed by atoms with Crippen molar-refractivity contribution in [3.05, 3.63) is 107 Å². The van der Waals surface area contributed by atoms with Gasteiger partial charge in [-0.25, -0.2) is 13.6 Å². The molecule has 5 rings (SSSR count). The van der Waals surface area contributed by atoms with E-state index >= 15 is 0 Å². The minimum absolute atomic E-state index is 0.174. The van der Waals surface area contributed by atoms with Crippen molar-refractivity contribution in [3.8, 4) is 11.4 Å². The van der Waals surface area contributed by atoms with Gasteiger partial charge in [-0.2, -0.15) is 4.98 Å². The Morgan fingerprint density at radius 1 is 1.00 bits per heavy atom. The number of anilines is 1. The third kappa shape index (κ3) is 4.30. The quantitative estimate of drug-likeness (QED) is 0.371. The average molecular weight is 472 g/mol. The fourth-order valence-corrected chi connectivity index (χ4v) is 4.22. The van der Waals surface area contributed by atoms with Crippen molar-refractivity contribution < 1.29 is 18.1 Å². The van der Waals surface area contributed by atoms with Gasteiger partial charge in [0.2, 0.25) is 5.82 Å². The lowest BCUT2D eigenvalue weighted by Crippen LogP contribution is -2.46. The Labute approximate surface area is 200 Å². The lowest BCUT2D eigenvalue weighted by molar-refractivity contribution is 0.244. The molecule has 0 fully saturated rings. The molecule has 2 amide bonds. The molecule has 1 aliphatic heterocycles. The van der Waals surface area contributed by atoms with Crippen LogP contribution in [0.15, 0.2) is 83.0 Å². The number of hydrogen-bond acceptors (Lipinski definition) is 4. The highest BCUT2D eigenvalue weighted by Gasteiger charge is 2.36. The number of benzene rings is 3. The fourth-order valence-electron chi connectivity index (χ4n) is 4.22. The van der Waals surface area contributed by atoms with Crippen LogP contribution in [0, 0.1) is 11.6 Å². The van der Waals surface area contributed by atoms with Crippen molar-refractivity contribution in [2.24, 2.45) is 0 Å². The van der Waals surface area contributed by atoms with E-state index in [1.165, 1.54) is 35.2 Å². The summed E-state index contributed by atoms with van der Waals surface area (Å²) >= 11 is 0. The summed E-state index contributed by atoms with van der Waals surface area (Å²) in [6.07, 6.45) is 0.882. The summed E-state index contributed by atoms with van der Waals surface area (Å²) in [5.41, 5.74) is 3.89. The van der Waals surface area contributed by atoms with Crippen LogP contribution in [-0.2, 0) is 6.42 Å². The summed E-state index contributed by atoms with van der Waals surface area (Å²) in [7, 11) is 0. The number of amides is 2. The van der Waals surface area contributed by atoms with E-state index in [9.17, 15) is 13.6 Å². The maximum Gasteiger partial charge on any atom is 0.327 e. The van der Waals surface area contributed by atoms with Crippen LogP contribution in [-0.4, -0.2) is 16.2 Å². The van der Waals surface area contributed by atoms with Gasteiger partial charge in [0, 0.05) is 11.3 Å². The lowest BCUT2D eigenvalue weighted by atomic mass is 9.93. The van der Waals surface area contributed by atoms with Gasteiger partial charge in [0.25, 0.3) is 5.89 Å². The van der Waals surface area contributed by atoms with Crippen LogP contribution in [0.4, 0.5) is 19.3 Å². The normalized spacial score (nSPS) is 15.9. The second-order valence-corrected chi connectivity index (χ2v) is 8.23. The number of aromatic nitrogens is 2. The van der Waals surface area contributed by atoms with E-state index in [4.69, 9.17) is 4.52 Å². The number of hydrogen-bond donors (Lipinski definition) is 1. The van der Waals surface area contributed by atoms with Gasteiger partial charge in [-0.15, -0.1) is 0 Å². The molecule has 1 atom stereocenters. The number of urea groups is 1. The highest BCUT2D eigenvalue weighted by Crippen LogP contribution is 2.39. The zero-order valence-corrected chi connectivity index (χ0v) is 19.1. The Hall–Kier alpha value is -4.33. The molecule has 1 unspecified atom stereocenters. The first-order valence-corrected chi connectivity index (χ1v) is 11.2. The van der Waals surface area contributed by atoms with Crippen molar-refractivity contribution >= 4 is 17.3 Å². The summed E-state index contributed by atoms with van der Waals surface area (Å²) in [5.74, 6) is -0.490. The van der Waals surface area contributed by atoms with Crippen LogP contribution in [0.25, 0.3) is 17.0 Å². The summed E-state index contributed by atoms with van der Waals surface area (Å²) < 4.78 is 33.4. The Balaban J connectivity index is 1.65. The monoisotopic (exact) mass is 472 g/mol. The number of aryl methyl sites for hydroxylation is 1. The molecule has 2 heterocycles. The smallest absolute Gasteiger partial charge is 0.327 e. The van der Waals surface area contributed by atoms with Crippen LogP contribution in [0.5, 0.6) is 0 Å². The number of halogens is 2. The number of carbonyl (C=O) groups is 1. The van der Waals surface area contributed by atoms with Crippen LogP contribution in [0.1, 0.15) is 36.9 Å². The van der Waals surface area contributed by atoms with Gasteiger partial charge in [-0.1, -0.05) is 54.5 Å². The van der Waals surface area contributed by atoms with E-state index in [0.717, 1.165) is 17.5 Å². The van der Waals surface area contributed by atoms with E-state index < -0.39 is 23.7 Å². The van der Waals surface area contributed by atoms with Crippen LogP contribution in [0.3, 0.4) is 0 Å². The predicted molar refractivity (Wildman–Crippen MR) is 128 cm³/mol. The first-order chi connectivity index (χ1) is 16.9. The van der Waals surface area contributed by atoms with Gasteiger partial charge in [-0.05, 0) is 54.8 Å². The SMILES string of the molecule is CCc1ccc(C2NC(=O)N(c3cccc(F)c3)C(C)=C2c2nc(-c3cccc(F)c3)no2)cc1. The Morgan fingerprint density at radius 3 is 2.40 bits per heavy atom. The van der Waals surface area contributed by atoms with Crippen molar-refractivity contribution in [2.75, 3.05) is 4.90 Å². The summed E-state index contributed by atoms with van der Waals surface area (Å²) in [6.45, 7) is 3.81. The third-order valence-corrected chi connectivity index (χ3v) is 6.01. The number of rotatable bonds is 5. The molecule has 0 radical (unpaired) electrons.